The van der Waals surface area contributed by atoms with Crippen molar-refractivity contribution in [2.24, 2.45) is 13.0 Å². The molecule has 0 spiro atoms. The highest BCUT2D eigenvalue weighted by molar-refractivity contribution is 7.11. The molecule has 1 aliphatic heterocycles. The minimum absolute atomic E-state index is 0.0203. The first-order valence-electron chi connectivity index (χ1n) is 9.25. The maximum absolute atomic E-state index is 12.6. The van der Waals surface area contributed by atoms with Crippen LogP contribution in [-0.4, -0.2) is 57.2 Å². The van der Waals surface area contributed by atoms with E-state index in [0.717, 1.165) is 49.7 Å². The van der Waals surface area contributed by atoms with Crippen LogP contribution in [0, 0.1) is 26.7 Å². The van der Waals surface area contributed by atoms with Gasteiger partial charge in [-0.1, -0.05) is 0 Å². The quantitative estimate of drug-likeness (QED) is 0.806. The second-order valence-electron chi connectivity index (χ2n) is 7.44. The molecule has 0 aliphatic carbocycles. The zero-order valence-electron chi connectivity index (χ0n) is 16.4. The average Bonchev–Trinajstić information content (AvgIpc) is 3.10. The molecular weight excluding hydrogens is 346 g/mol. The van der Waals surface area contributed by atoms with E-state index in [4.69, 9.17) is 0 Å². The van der Waals surface area contributed by atoms with Crippen molar-refractivity contribution < 1.29 is 4.79 Å². The molecule has 7 heteroatoms. The maximum atomic E-state index is 12.6. The minimum Gasteiger partial charge on any atom is -0.340 e. The summed E-state index contributed by atoms with van der Waals surface area (Å²) in [5.74, 6) is 0.584. The Morgan fingerprint density at radius 1 is 1.31 bits per heavy atom. The molecular formula is C19H29N5OS. The number of thiazole rings is 1. The number of hydrogen-bond acceptors (Lipinski definition) is 5. The molecule has 0 bridgehead atoms. The maximum Gasteiger partial charge on any atom is 0.274 e. The van der Waals surface area contributed by atoms with Crippen LogP contribution in [0.4, 0.5) is 0 Å². The zero-order chi connectivity index (χ0) is 18.8. The van der Waals surface area contributed by atoms with Crippen LogP contribution in [0.15, 0.2) is 6.07 Å². The summed E-state index contributed by atoms with van der Waals surface area (Å²) in [5.41, 5.74) is 2.72. The van der Waals surface area contributed by atoms with Crippen LogP contribution in [0.5, 0.6) is 0 Å². The highest BCUT2D eigenvalue weighted by Crippen LogP contribution is 2.24. The third-order valence-corrected chi connectivity index (χ3v) is 6.34. The van der Waals surface area contributed by atoms with E-state index in [0.29, 0.717) is 11.6 Å². The lowest BCUT2D eigenvalue weighted by atomic mass is 9.96. The van der Waals surface area contributed by atoms with Gasteiger partial charge in [-0.15, -0.1) is 11.3 Å². The zero-order valence-corrected chi connectivity index (χ0v) is 17.3. The molecule has 0 aromatic carbocycles. The topological polar surface area (TPSA) is 54.3 Å². The fourth-order valence-corrected chi connectivity index (χ4v) is 4.56. The first-order valence-corrected chi connectivity index (χ1v) is 10.1. The summed E-state index contributed by atoms with van der Waals surface area (Å²) < 4.78 is 1.75. The van der Waals surface area contributed by atoms with Gasteiger partial charge in [0.05, 0.1) is 10.7 Å². The van der Waals surface area contributed by atoms with Crippen molar-refractivity contribution in [2.75, 3.05) is 26.7 Å². The van der Waals surface area contributed by atoms with E-state index >= 15 is 0 Å². The van der Waals surface area contributed by atoms with Gasteiger partial charge in [-0.25, -0.2) is 4.98 Å². The molecule has 3 rings (SSSR count). The normalized spacial score (nSPS) is 16.2. The van der Waals surface area contributed by atoms with Crippen molar-refractivity contribution in [3.8, 4) is 0 Å². The van der Waals surface area contributed by atoms with E-state index in [1.54, 1.807) is 4.68 Å². The molecule has 0 atom stereocenters. The Morgan fingerprint density at radius 2 is 2.00 bits per heavy atom. The summed E-state index contributed by atoms with van der Waals surface area (Å²) in [6.45, 7) is 10.1. The lowest BCUT2D eigenvalue weighted by molar-refractivity contribution is 0.0731. The highest BCUT2D eigenvalue weighted by atomic mass is 32.1. The van der Waals surface area contributed by atoms with Crippen molar-refractivity contribution in [2.45, 2.75) is 40.2 Å². The summed E-state index contributed by atoms with van der Waals surface area (Å²) in [4.78, 5) is 22.8. The number of piperidine rings is 1. The molecule has 1 saturated heterocycles. The van der Waals surface area contributed by atoms with Crippen molar-refractivity contribution in [3.05, 3.63) is 33.0 Å². The van der Waals surface area contributed by atoms with Gasteiger partial charge in [0.2, 0.25) is 0 Å². The van der Waals surface area contributed by atoms with Crippen molar-refractivity contribution in [1.29, 1.82) is 0 Å². The molecule has 26 heavy (non-hydrogen) atoms. The van der Waals surface area contributed by atoms with Gasteiger partial charge in [0.1, 0.15) is 0 Å². The van der Waals surface area contributed by atoms with E-state index in [-0.39, 0.29) is 5.91 Å². The van der Waals surface area contributed by atoms with Gasteiger partial charge in [-0.2, -0.15) is 5.10 Å². The fourth-order valence-electron chi connectivity index (χ4n) is 3.58. The second-order valence-corrected chi connectivity index (χ2v) is 8.73. The summed E-state index contributed by atoms with van der Waals surface area (Å²) in [7, 11) is 3.76. The molecule has 0 N–H and O–H groups in total. The van der Waals surface area contributed by atoms with Crippen LogP contribution in [0.25, 0.3) is 0 Å². The standard InChI is InChI=1S/C19H29N5OS/c1-13-10-17(21-23(13)5)19(25)22(4)11-16-6-8-24(9-7-16)12-18-14(2)20-15(3)26-18/h10,16H,6-9,11-12H2,1-5H3. The van der Waals surface area contributed by atoms with Gasteiger partial charge in [-0.05, 0) is 58.7 Å². The summed E-state index contributed by atoms with van der Waals surface area (Å²) in [6, 6.07) is 1.86. The SMILES string of the molecule is Cc1nc(C)c(CN2CCC(CN(C)C(=O)c3cc(C)n(C)n3)CC2)s1. The Labute approximate surface area is 159 Å². The third kappa shape index (κ3) is 4.32. The molecule has 2 aromatic heterocycles. The van der Waals surface area contributed by atoms with Gasteiger partial charge >= 0.3 is 0 Å². The van der Waals surface area contributed by atoms with Gasteiger partial charge in [-0.3, -0.25) is 14.4 Å². The van der Waals surface area contributed by atoms with E-state index in [2.05, 4.69) is 28.8 Å². The van der Waals surface area contributed by atoms with Crippen molar-refractivity contribution in [1.82, 2.24) is 24.6 Å². The number of aryl methyl sites for hydroxylation is 4. The molecule has 1 amide bonds. The number of aromatic nitrogens is 3. The number of amides is 1. The second kappa shape index (κ2) is 7.88. The molecule has 1 aliphatic rings. The average molecular weight is 376 g/mol. The smallest absolute Gasteiger partial charge is 0.274 e. The number of nitrogens with zero attached hydrogens (tertiary/aromatic N) is 5. The van der Waals surface area contributed by atoms with E-state index in [1.165, 1.54) is 10.6 Å². The van der Waals surface area contributed by atoms with Crippen molar-refractivity contribution >= 4 is 17.2 Å². The van der Waals surface area contributed by atoms with Crippen LogP contribution < -0.4 is 0 Å². The lowest BCUT2D eigenvalue weighted by Gasteiger charge is -2.33. The Balaban J connectivity index is 1.48. The van der Waals surface area contributed by atoms with Gasteiger partial charge < -0.3 is 4.90 Å². The minimum atomic E-state index is 0.0203. The van der Waals surface area contributed by atoms with Crippen molar-refractivity contribution in [3.63, 3.8) is 0 Å². The number of carbonyl (C=O) groups excluding carboxylic acids is 1. The number of carbonyl (C=O) groups is 1. The number of rotatable bonds is 5. The van der Waals surface area contributed by atoms with Gasteiger partial charge in [0, 0.05) is 37.8 Å². The first-order chi connectivity index (χ1) is 12.3. The number of hydrogen-bond donors (Lipinski definition) is 0. The summed E-state index contributed by atoms with van der Waals surface area (Å²) >= 11 is 1.81. The molecule has 1 fully saturated rings. The molecule has 0 saturated carbocycles. The Kier molecular flexibility index (Phi) is 5.77. The molecule has 0 radical (unpaired) electrons. The van der Waals surface area contributed by atoms with Gasteiger partial charge in [0.15, 0.2) is 5.69 Å². The Hall–Kier alpha value is -1.73. The molecule has 3 heterocycles. The van der Waals surface area contributed by atoms with Crippen LogP contribution in [0.3, 0.4) is 0 Å². The molecule has 2 aromatic rings. The van der Waals surface area contributed by atoms with E-state index in [9.17, 15) is 4.79 Å². The van der Waals surface area contributed by atoms with Crippen LogP contribution in [0.2, 0.25) is 0 Å². The Bertz CT molecular complexity index is 753. The molecule has 142 valence electrons. The Morgan fingerprint density at radius 3 is 2.54 bits per heavy atom. The van der Waals surface area contributed by atoms with E-state index < -0.39 is 0 Å². The summed E-state index contributed by atoms with van der Waals surface area (Å²) in [6.07, 6.45) is 2.27. The van der Waals surface area contributed by atoms with Crippen LogP contribution in [0.1, 0.15) is 44.6 Å². The lowest BCUT2D eigenvalue weighted by Crippen LogP contribution is -2.39. The van der Waals surface area contributed by atoms with E-state index in [1.807, 2.05) is 43.3 Å². The predicted octanol–water partition coefficient (Wildman–Crippen LogP) is 2.79. The van der Waals surface area contributed by atoms with Gasteiger partial charge in [0.25, 0.3) is 5.91 Å². The molecule has 0 unspecified atom stereocenters. The van der Waals surface area contributed by atoms with Crippen LogP contribution in [-0.2, 0) is 13.6 Å². The monoisotopic (exact) mass is 375 g/mol. The van der Waals surface area contributed by atoms with Crippen LogP contribution >= 0.6 is 11.3 Å². The number of likely N-dealkylation sites (tertiary alicyclic amines) is 1. The third-order valence-electron chi connectivity index (χ3n) is 5.29. The summed E-state index contributed by atoms with van der Waals surface area (Å²) in [5, 5.41) is 5.46. The fraction of sp³-hybridized carbons (Fsp3) is 0.632. The largest absolute Gasteiger partial charge is 0.340 e. The molecule has 6 nitrogen and oxygen atoms in total. The highest BCUT2D eigenvalue weighted by Gasteiger charge is 2.24. The first kappa shape index (κ1) is 19.0. The predicted molar refractivity (Wildman–Crippen MR) is 104 cm³/mol.